The topological polar surface area (TPSA) is 58.2 Å². The molecule has 1 atom stereocenters. The number of hydrogen-bond acceptors (Lipinski definition) is 3. The lowest BCUT2D eigenvalue weighted by Gasteiger charge is -2.11. The molecule has 4 nitrogen and oxygen atoms in total. The minimum absolute atomic E-state index is 0.0810. The van der Waals surface area contributed by atoms with Crippen LogP contribution in [0, 0.1) is 0 Å². The summed E-state index contributed by atoms with van der Waals surface area (Å²) in [5.41, 5.74) is 1.27. The van der Waals surface area contributed by atoms with Crippen molar-refractivity contribution in [2.75, 3.05) is 11.6 Å². The van der Waals surface area contributed by atoms with Gasteiger partial charge in [0.05, 0.1) is 5.37 Å². The van der Waals surface area contributed by atoms with E-state index in [1.54, 1.807) is 36.0 Å². The molecular weight excluding hydrogens is 236 g/mol. The molecule has 1 aromatic carbocycles. The van der Waals surface area contributed by atoms with Crippen LogP contribution in [0.4, 0.5) is 5.69 Å². The van der Waals surface area contributed by atoms with Gasteiger partial charge in [-0.15, -0.1) is 11.8 Å². The number of anilines is 1. The van der Waals surface area contributed by atoms with Gasteiger partial charge in [-0.25, -0.2) is 0 Å². The Morgan fingerprint density at radius 2 is 1.82 bits per heavy atom. The lowest BCUT2D eigenvalue weighted by atomic mass is 10.2. The molecule has 0 saturated heterocycles. The second kappa shape index (κ2) is 6.30. The quantitative estimate of drug-likeness (QED) is 0.807. The van der Waals surface area contributed by atoms with E-state index in [0.29, 0.717) is 11.3 Å². The summed E-state index contributed by atoms with van der Waals surface area (Å²) >= 11 is 1.57. The van der Waals surface area contributed by atoms with Crippen molar-refractivity contribution in [2.24, 2.45) is 0 Å². The number of nitrogens with one attached hydrogen (secondary N) is 2. The Hall–Kier alpha value is -1.49. The Bertz CT molecular complexity index is 403. The predicted octanol–water partition coefficient (Wildman–Crippen LogP) is 2.08. The third-order valence-corrected chi connectivity index (χ3v) is 2.98. The summed E-state index contributed by atoms with van der Waals surface area (Å²) in [7, 11) is 0. The van der Waals surface area contributed by atoms with E-state index >= 15 is 0 Å². The Morgan fingerprint density at radius 1 is 1.24 bits per heavy atom. The maximum atomic E-state index is 11.7. The molecule has 0 aliphatic rings. The zero-order valence-corrected chi connectivity index (χ0v) is 10.9. The fourth-order valence-corrected chi connectivity index (χ4v) is 1.46. The SMILES string of the molecule is CSC(C)NC(=O)c1ccc(NC(C)=O)cc1. The van der Waals surface area contributed by atoms with Gasteiger partial charge in [-0.2, -0.15) is 0 Å². The molecule has 2 N–H and O–H groups in total. The number of hydrogen-bond donors (Lipinski definition) is 2. The molecule has 0 fully saturated rings. The molecule has 1 rings (SSSR count). The highest BCUT2D eigenvalue weighted by Crippen LogP contribution is 2.10. The Balaban J connectivity index is 2.67. The molecule has 17 heavy (non-hydrogen) atoms. The fraction of sp³-hybridized carbons (Fsp3) is 0.333. The Kier molecular flexibility index (Phi) is 5.03. The first kappa shape index (κ1) is 13.6. The highest BCUT2D eigenvalue weighted by molar-refractivity contribution is 7.99. The number of benzene rings is 1. The molecule has 0 spiro atoms. The number of rotatable bonds is 4. The molecule has 0 aliphatic heterocycles. The molecule has 0 bridgehead atoms. The summed E-state index contributed by atoms with van der Waals surface area (Å²) in [5.74, 6) is -0.237. The smallest absolute Gasteiger partial charge is 0.252 e. The molecule has 2 amide bonds. The Morgan fingerprint density at radius 3 is 2.29 bits per heavy atom. The van der Waals surface area contributed by atoms with Crippen LogP contribution in [0.5, 0.6) is 0 Å². The molecule has 1 aromatic rings. The predicted molar refractivity (Wildman–Crippen MR) is 71.2 cm³/mol. The van der Waals surface area contributed by atoms with E-state index in [0.717, 1.165) is 0 Å². The van der Waals surface area contributed by atoms with Crippen molar-refractivity contribution < 1.29 is 9.59 Å². The van der Waals surface area contributed by atoms with Crippen molar-refractivity contribution >= 4 is 29.3 Å². The van der Waals surface area contributed by atoms with Crippen LogP contribution in [0.25, 0.3) is 0 Å². The van der Waals surface area contributed by atoms with Crippen LogP contribution in [-0.2, 0) is 4.79 Å². The van der Waals surface area contributed by atoms with E-state index in [1.807, 2.05) is 13.2 Å². The van der Waals surface area contributed by atoms with Crippen LogP contribution in [0.15, 0.2) is 24.3 Å². The molecule has 0 saturated carbocycles. The van der Waals surface area contributed by atoms with Gasteiger partial charge in [0.25, 0.3) is 5.91 Å². The minimum atomic E-state index is -0.127. The summed E-state index contributed by atoms with van der Waals surface area (Å²) in [4.78, 5) is 22.6. The standard InChI is InChI=1S/C12H16N2O2S/c1-8(15)13-11-6-4-10(5-7-11)12(16)14-9(2)17-3/h4-7,9H,1-3H3,(H,13,15)(H,14,16). The van der Waals surface area contributed by atoms with Crippen LogP contribution in [0.1, 0.15) is 24.2 Å². The van der Waals surface area contributed by atoms with Crippen molar-refractivity contribution in [2.45, 2.75) is 19.2 Å². The number of amides is 2. The molecule has 1 unspecified atom stereocenters. The van der Waals surface area contributed by atoms with Gasteiger partial charge < -0.3 is 10.6 Å². The van der Waals surface area contributed by atoms with E-state index in [9.17, 15) is 9.59 Å². The van der Waals surface area contributed by atoms with Gasteiger partial charge in [0, 0.05) is 18.2 Å². The molecule has 0 aliphatic carbocycles. The van der Waals surface area contributed by atoms with Gasteiger partial charge >= 0.3 is 0 Å². The number of thioether (sulfide) groups is 1. The maximum absolute atomic E-state index is 11.7. The molecule has 92 valence electrons. The van der Waals surface area contributed by atoms with Gasteiger partial charge in [0.1, 0.15) is 0 Å². The second-order valence-electron chi connectivity index (χ2n) is 3.61. The fourth-order valence-electron chi connectivity index (χ4n) is 1.24. The summed E-state index contributed by atoms with van der Waals surface area (Å²) < 4.78 is 0. The van der Waals surface area contributed by atoms with Crippen LogP contribution in [0.2, 0.25) is 0 Å². The highest BCUT2D eigenvalue weighted by atomic mass is 32.2. The van der Waals surface area contributed by atoms with E-state index in [2.05, 4.69) is 10.6 Å². The summed E-state index contributed by atoms with van der Waals surface area (Å²) in [6, 6.07) is 6.79. The van der Waals surface area contributed by atoms with Crippen molar-refractivity contribution in [3.05, 3.63) is 29.8 Å². The van der Waals surface area contributed by atoms with E-state index in [-0.39, 0.29) is 17.2 Å². The van der Waals surface area contributed by atoms with Crippen molar-refractivity contribution in [1.82, 2.24) is 5.32 Å². The van der Waals surface area contributed by atoms with E-state index < -0.39 is 0 Å². The van der Waals surface area contributed by atoms with Gasteiger partial charge in [-0.1, -0.05) is 0 Å². The summed E-state index contributed by atoms with van der Waals surface area (Å²) in [5, 5.41) is 5.57. The maximum Gasteiger partial charge on any atom is 0.252 e. The summed E-state index contributed by atoms with van der Waals surface area (Å²) in [6.45, 7) is 3.37. The normalized spacial score (nSPS) is 11.7. The largest absolute Gasteiger partial charge is 0.341 e. The first-order chi connectivity index (χ1) is 8.02. The number of carbonyl (C=O) groups excluding carboxylic acids is 2. The first-order valence-corrected chi connectivity index (χ1v) is 6.53. The van der Waals surface area contributed by atoms with Gasteiger partial charge in [-0.3, -0.25) is 9.59 Å². The third-order valence-electron chi connectivity index (χ3n) is 2.16. The van der Waals surface area contributed by atoms with Crippen LogP contribution in [0.3, 0.4) is 0 Å². The van der Waals surface area contributed by atoms with Crippen LogP contribution in [-0.4, -0.2) is 23.4 Å². The van der Waals surface area contributed by atoms with Gasteiger partial charge in [0.15, 0.2) is 0 Å². The average Bonchev–Trinajstić information content (AvgIpc) is 2.28. The minimum Gasteiger partial charge on any atom is -0.341 e. The molecule has 0 heterocycles. The lowest BCUT2D eigenvalue weighted by molar-refractivity contribution is -0.114. The lowest BCUT2D eigenvalue weighted by Crippen LogP contribution is -2.29. The zero-order valence-electron chi connectivity index (χ0n) is 10.1. The van der Waals surface area contributed by atoms with E-state index in [4.69, 9.17) is 0 Å². The van der Waals surface area contributed by atoms with Crippen molar-refractivity contribution in [1.29, 1.82) is 0 Å². The van der Waals surface area contributed by atoms with Gasteiger partial charge in [-0.05, 0) is 37.4 Å². The van der Waals surface area contributed by atoms with Crippen LogP contribution >= 0.6 is 11.8 Å². The first-order valence-electron chi connectivity index (χ1n) is 5.24. The Labute approximate surface area is 105 Å². The van der Waals surface area contributed by atoms with Crippen molar-refractivity contribution in [3.63, 3.8) is 0 Å². The molecular formula is C12H16N2O2S. The van der Waals surface area contributed by atoms with Crippen molar-refractivity contribution in [3.8, 4) is 0 Å². The highest BCUT2D eigenvalue weighted by Gasteiger charge is 2.08. The zero-order chi connectivity index (χ0) is 12.8. The molecule has 0 aromatic heterocycles. The third kappa shape index (κ3) is 4.48. The monoisotopic (exact) mass is 252 g/mol. The molecule has 5 heteroatoms. The van der Waals surface area contributed by atoms with E-state index in [1.165, 1.54) is 6.92 Å². The molecule has 0 radical (unpaired) electrons. The van der Waals surface area contributed by atoms with Gasteiger partial charge in [0.2, 0.25) is 5.91 Å². The summed E-state index contributed by atoms with van der Waals surface area (Å²) in [6.07, 6.45) is 1.94. The number of carbonyl (C=O) groups is 2. The average molecular weight is 252 g/mol. The van der Waals surface area contributed by atoms with Crippen LogP contribution < -0.4 is 10.6 Å². The second-order valence-corrected chi connectivity index (χ2v) is 4.79.